The SMILES string of the molecule is S=C(NCCCN1CCc2ccccc2C1)Nc1ccc(OC2CCCC2)cc1. The van der Waals surface area contributed by atoms with Gasteiger partial charge in [-0.25, -0.2) is 0 Å². The van der Waals surface area contributed by atoms with E-state index >= 15 is 0 Å². The molecule has 1 aliphatic carbocycles. The first-order chi connectivity index (χ1) is 14.3. The number of anilines is 1. The fraction of sp³-hybridized carbons (Fsp3) is 0.458. The van der Waals surface area contributed by atoms with E-state index in [1.54, 1.807) is 0 Å². The number of rotatable bonds is 7. The lowest BCUT2D eigenvalue weighted by molar-refractivity contribution is 0.210. The Morgan fingerprint density at radius 1 is 1.03 bits per heavy atom. The smallest absolute Gasteiger partial charge is 0.170 e. The Morgan fingerprint density at radius 3 is 2.59 bits per heavy atom. The maximum Gasteiger partial charge on any atom is 0.170 e. The molecule has 0 radical (unpaired) electrons. The van der Waals surface area contributed by atoms with Crippen molar-refractivity contribution >= 4 is 23.0 Å². The number of nitrogens with zero attached hydrogens (tertiary/aromatic N) is 1. The largest absolute Gasteiger partial charge is 0.490 e. The Labute approximate surface area is 179 Å². The molecule has 0 amide bonds. The Morgan fingerprint density at radius 2 is 1.79 bits per heavy atom. The van der Waals surface area contributed by atoms with Crippen molar-refractivity contribution in [3.8, 4) is 5.75 Å². The molecule has 29 heavy (non-hydrogen) atoms. The van der Waals surface area contributed by atoms with Crippen LogP contribution in [0.15, 0.2) is 48.5 Å². The van der Waals surface area contributed by atoms with E-state index in [9.17, 15) is 0 Å². The van der Waals surface area contributed by atoms with Gasteiger partial charge in [0.2, 0.25) is 0 Å². The van der Waals surface area contributed by atoms with Crippen molar-refractivity contribution < 1.29 is 4.74 Å². The molecule has 2 N–H and O–H groups in total. The van der Waals surface area contributed by atoms with Crippen LogP contribution >= 0.6 is 12.2 Å². The van der Waals surface area contributed by atoms with Gasteiger partial charge >= 0.3 is 0 Å². The van der Waals surface area contributed by atoms with E-state index in [0.717, 1.165) is 50.5 Å². The first-order valence-corrected chi connectivity index (χ1v) is 11.3. The summed E-state index contributed by atoms with van der Waals surface area (Å²) in [4.78, 5) is 2.53. The number of benzene rings is 2. The molecule has 2 aromatic carbocycles. The van der Waals surface area contributed by atoms with E-state index in [0.29, 0.717) is 11.2 Å². The maximum atomic E-state index is 6.01. The first kappa shape index (κ1) is 20.2. The van der Waals surface area contributed by atoms with Gasteiger partial charge in [0.1, 0.15) is 5.75 Å². The number of hydrogen-bond acceptors (Lipinski definition) is 3. The molecule has 5 heteroatoms. The average Bonchev–Trinajstić information content (AvgIpc) is 3.26. The van der Waals surface area contributed by atoms with Crippen LogP contribution in [-0.4, -0.2) is 35.8 Å². The molecule has 0 saturated heterocycles. The molecule has 1 heterocycles. The van der Waals surface area contributed by atoms with Crippen molar-refractivity contribution in [2.75, 3.05) is 25.0 Å². The van der Waals surface area contributed by atoms with Crippen LogP contribution in [0.3, 0.4) is 0 Å². The van der Waals surface area contributed by atoms with Crippen LogP contribution in [0.2, 0.25) is 0 Å². The van der Waals surface area contributed by atoms with E-state index in [1.807, 2.05) is 24.3 Å². The number of fused-ring (bicyclic) bond motifs is 1. The molecule has 4 nitrogen and oxygen atoms in total. The van der Waals surface area contributed by atoms with E-state index in [-0.39, 0.29) is 0 Å². The minimum atomic E-state index is 0.393. The normalized spacial score (nSPS) is 17.0. The summed E-state index contributed by atoms with van der Waals surface area (Å²) in [7, 11) is 0. The lowest BCUT2D eigenvalue weighted by Crippen LogP contribution is -2.34. The molecule has 154 valence electrons. The van der Waals surface area contributed by atoms with Gasteiger partial charge in [-0.15, -0.1) is 0 Å². The van der Waals surface area contributed by atoms with Crippen molar-refractivity contribution in [2.45, 2.75) is 51.2 Å². The van der Waals surface area contributed by atoms with Crippen LogP contribution in [0, 0.1) is 0 Å². The molecule has 0 spiro atoms. The Bertz CT molecular complexity index is 802. The van der Waals surface area contributed by atoms with Gasteiger partial charge < -0.3 is 15.4 Å². The predicted molar refractivity (Wildman–Crippen MR) is 124 cm³/mol. The van der Waals surface area contributed by atoms with Crippen LogP contribution in [0.5, 0.6) is 5.75 Å². The van der Waals surface area contributed by atoms with Crippen molar-refractivity contribution in [1.29, 1.82) is 0 Å². The summed E-state index contributed by atoms with van der Waals surface area (Å²) in [5.74, 6) is 0.949. The third kappa shape index (κ3) is 5.94. The van der Waals surface area contributed by atoms with Crippen molar-refractivity contribution in [3.63, 3.8) is 0 Å². The zero-order valence-electron chi connectivity index (χ0n) is 17.0. The highest BCUT2D eigenvalue weighted by molar-refractivity contribution is 7.80. The predicted octanol–water partition coefficient (Wildman–Crippen LogP) is 4.74. The summed E-state index contributed by atoms with van der Waals surface area (Å²) in [6, 6.07) is 16.9. The van der Waals surface area contributed by atoms with Gasteiger partial charge in [-0.1, -0.05) is 24.3 Å². The molecule has 1 saturated carbocycles. The second-order valence-corrected chi connectivity index (χ2v) is 8.49. The highest BCUT2D eigenvalue weighted by Crippen LogP contribution is 2.25. The van der Waals surface area contributed by atoms with Crippen LogP contribution < -0.4 is 15.4 Å². The molecule has 0 bridgehead atoms. The Balaban J connectivity index is 1.13. The molecule has 2 aliphatic rings. The molecule has 1 aliphatic heterocycles. The summed E-state index contributed by atoms with van der Waals surface area (Å²) in [6.45, 7) is 4.19. The van der Waals surface area contributed by atoms with Gasteiger partial charge in [0.05, 0.1) is 6.10 Å². The number of ether oxygens (including phenoxy) is 1. The zero-order valence-corrected chi connectivity index (χ0v) is 17.8. The van der Waals surface area contributed by atoms with Crippen molar-refractivity contribution in [1.82, 2.24) is 10.2 Å². The van der Waals surface area contributed by atoms with Gasteiger partial charge in [0, 0.05) is 31.9 Å². The van der Waals surface area contributed by atoms with Gasteiger partial charge in [0.25, 0.3) is 0 Å². The van der Waals surface area contributed by atoms with Crippen LogP contribution in [-0.2, 0) is 13.0 Å². The number of hydrogen-bond donors (Lipinski definition) is 2. The lowest BCUT2D eigenvalue weighted by atomic mass is 10.00. The van der Waals surface area contributed by atoms with Crippen LogP contribution in [0.1, 0.15) is 43.2 Å². The fourth-order valence-electron chi connectivity index (χ4n) is 4.24. The molecule has 0 aromatic heterocycles. The van der Waals surface area contributed by atoms with E-state index in [1.165, 1.54) is 36.8 Å². The summed E-state index contributed by atoms with van der Waals surface area (Å²) in [5.41, 5.74) is 3.98. The fourth-order valence-corrected chi connectivity index (χ4v) is 4.46. The van der Waals surface area contributed by atoms with E-state index < -0.39 is 0 Å². The minimum Gasteiger partial charge on any atom is -0.490 e. The molecule has 1 fully saturated rings. The third-order valence-corrected chi connectivity index (χ3v) is 6.11. The second kappa shape index (κ2) is 10.1. The molecular formula is C24H31N3OS. The lowest BCUT2D eigenvalue weighted by Gasteiger charge is -2.28. The molecule has 4 rings (SSSR count). The number of nitrogens with one attached hydrogen (secondary N) is 2. The monoisotopic (exact) mass is 409 g/mol. The highest BCUT2D eigenvalue weighted by atomic mass is 32.1. The number of thiocarbonyl (C=S) groups is 1. The second-order valence-electron chi connectivity index (χ2n) is 8.08. The minimum absolute atomic E-state index is 0.393. The van der Waals surface area contributed by atoms with Crippen molar-refractivity contribution in [2.24, 2.45) is 0 Å². The molecule has 0 unspecified atom stereocenters. The summed E-state index contributed by atoms with van der Waals surface area (Å²) >= 11 is 5.44. The van der Waals surface area contributed by atoms with Gasteiger partial charge in [-0.3, -0.25) is 4.90 Å². The first-order valence-electron chi connectivity index (χ1n) is 10.9. The van der Waals surface area contributed by atoms with Crippen LogP contribution in [0.4, 0.5) is 5.69 Å². The Hall–Kier alpha value is -2.11. The highest BCUT2D eigenvalue weighted by Gasteiger charge is 2.16. The van der Waals surface area contributed by atoms with E-state index in [4.69, 9.17) is 17.0 Å². The van der Waals surface area contributed by atoms with Crippen LogP contribution in [0.25, 0.3) is 0 Å². The summed E-state index contributed by atoms with van der Waals surface area (Å²) < 4.78 is 6.01. The van der Waals surface area contributed by atoms with Gasteiger partial charge in [0.15, 0.2) is 5.11 Å². The third-order valence-electron chi connectivity index (χ3n) is 5.86. The summed E-state index contributed by atoms with van der Waals surface area (Å²) in [5, 5.41) is 7.27. The van der Waals surface area contributed by atoms with Gasteiger partial charge in [-0.2, -0.15) is 0 Å². The van der Waals surface area contributed by atoms with Crippen molar-refractivity contribution in [3.05, 3.63) is 59.7 Å². The standard InChI is InChI=1S/C24H31N3OS/c29-24(26-21-10-12-23(13-11-21)28-22-8-3-4-9-22)25-15-5-16-27-17-14-19-6-1-2-7-20(19)18-27/h1-2,6-7,10-13,22H,3-5,8-9,14-18H2,(H2,25,26,29). The molecule has 0 atom stereocenters. The topological polar surface area (TPSA) is 36.5 Å². The molecular weight excluding hydrogens is 378 g/mol. The average molecular weight is 410 g/mol. The van der Waals surface area contributed by atoms with E-state index in [2.05, 4.69) is 39.8 Å². The van der Waals surface area contributed by atoms with Gasteiger partial charge in [-0.05, 0) is 86.1 Å². The maximum absolute atomic E-state index is 6.01. The molecule has 2 aromatic rings. The quantitative estimate of drug-likeness (QED) is 0.510. The zero-order chi connectivity index (χ0) is 19.9. The summed E-state index contributed by atoms with van der Waals surface area (Å²) in [6.07, 6.45) is 7.56. The Kier molecular flexibility index (Phi) is 7.01.